The summed E-state index contributed by atoms with van der Waals surface area (Å²) in [5.41, 5.74) is 4.81. The summed E-state index contributed by atoms with van der Waals surface area (Å²) < 4.78 is 2.22. The molecule has 0 saturated carbocycles. The van der Waals surface area contributed by atoms with E-state index >= 15 is 0 Å². The van der Waals surface area contributed by atoms with Crippen molar-refractivity contribution in [3.8, 4) is 0 Å². The van der Waals surface area contributed by atoms with Crippen molar-refractivity contribution < 1.29 is 9.90 Å². The molecular formula is C19H14N2O3S. The molecule has 0 aliphatic rings. The lowest BCUT2D eigenvalue weighted by Gasteiger charge is -1.98. The highest BCUT2D eigenvalue weighted by Crippen LogP contribution is 2.20. The number of carboxylic acid groups (broad SMARTS) is 1. The van der Waals surface area contributed by atoms with Gasteiger partial charge in [-0.2, -0.15) is 0 Å². The van der Waals surface area contributed by atoms with Crippen LogP contribution in [0.5, 0.6) is 0 Å². The molecule has 0 atom stereocenters. The first-order valence-electron chi connectivity index (χ1n) is 7.71. The Morgan fingerprint density at radius 3 is 2.52 bits per heavy atom. The standard InChI is InChI=1S/C19H14N2O3S/c1-10-7-14-15(8-11(10)2)21-17(22)16(25-19(21)20-14)9-12-3-5-13(6-4-12)18(23)24/h3-9H,1-2H3,(H,23,24). The van der Waals surface area contributed by atoms with Gasteiger partial charge in [-0.15, -0.1) is 0 Å². The van der Waals surface area contributed by atoms with E-state index in [2.05, 4.69) is 4.98 Å². The van der Waals surface area contributed by atoms with Crippen molar-refractivity contribution in [3.05, 3.63) is 73.5 Å². The Labute approximate surface area is 146 Å². The third kappa shape index (κ3) is 2.51. The van der Waals surface area contributed by atoms with E-state index in [9.17, 15) is 9.59 Å². The molecule has 0 aliphatic heterocycles. The molecule has 5 nitrogen and oxygen atoms in total. The Morgan fingerprint density at radius 1 is 1.16 bits per heavy atom. The number of aromatic nitrogens is 2. The molecule has 0 radical (unpaired) electrons. The van der Waals surface area contributed by atoms with Gasteiger partial charge < -0.3 is 5.11 Å². The second kappa shape index (κ2) is 5.53. The Hall–Kier alpha value is -2.99. The number of rotatable bonds is 2. The van der Waals surface area contributed by atoms with Crippen LogP contribution in [0.4, 0.5) is 0 Å². The van der Waals surface area contributed by atoms with Gasteiger partial charge in [0.25, 0.3) is 5.56 Å². The Balaban J connectivity index is 1.91. The lowest BCUT2D eigenvalue weighted by Crippen LogP contribution is -2.22. The molecule has 0 fully saturated rings. The summed E-state index contributed by atoms with van der Waals surface area (Å²) in [5.74, 6) is -0.970. The number of fused-ring (bicyclic) bond motifs is 3. The van der Waals surface area contributed by atoms with Crippen molar-refractivity contribution >= 4 is 39.4 Å². The number of thiazole rings is 1. The third-order valence-corrected chi connectivity index (χ3v) is 5.28. The predicted octanol–water partition coefficient (Wildman–Crippen LogP) is 2.77. The van der Waals surface area contributed by atoms with Gasteiger partial charge in [-0.1, -0.05) is 23.5 Å². The molecule has 6 heteroatoms. The lowest BCUT2D eigenvalue weighted by atomic mass is 10.1. The van der Waals surface area contributed by atoms with E-state index in [1.807, 2.05) is 26.0 Å². The van der Waals surface area contributed by atoms with Crippen LogP contribution in [0.1, 0.15) is 27.0 Å². The molecule has 0 bridgehead atoms. The molecule has 4 rings (SSSR count). The Kier molecular flexibility index (Phi) is 3.43. The van der Waals surface area contributed by atoms with Gasteiger partial charge in [-0.25, -0.2) is 14.2 Å². The number of nitrogens with zero attached hydrogens (tertiary/aromatic N) is 2. The maximum absolute atomic E-state index is 12.8. The summed E-state index contributed by atoms with van der Waals surface area (Å²) in [6, 6.07) is 10.4. The van der Waals surface area contributed by atoms with Crippen LogP contribution in [-0.2, 0) is 0 Å². The number of hydrogen-bond donors (Lipinski definition) is 1. The van der Waals surface area contributed by atoms with E-state index in [-0.39, 0.29) is 11.1 Å². The van der Waals surface area contributed by atoms with Gasteiger partial charge in [0.1, 0.15) is 0 Å². The number of hydrogen-bond acceptors (Lipinski definition) is 4. The fourth-order valence-corrected chi connectivity index (χ4v) is 3.78. The van der Waals surface area contributed by atoms with E-state index < -0.39 is 5.97 Å². The average Bonchev–Trinajstić information content (AvgIpc) is 3.05. The van der Waals surface area contributed by atoms with E-state index in [1.165, 1.54) is 23.5 Å². The van der Waals surface area contributed by atoms with Crippen LogP contribution in [0.2, 0.25) is 0 Å². The molecule has 2 heterocycles. The normalized spacial score (nSPS) is 12.3. The number of carboxylic acids is 1. The number of aryl methyl sites for hydroxylation is 2. The zero-order valence-electron chi connectivity index (χ0n) is 13.6. The second-order valence-electron chi connectivity index (χ2n) is 6.00. The third-order valence-electron chi connectivity index (χ3n) is 4.31. The minimum absolute atomic E-state index is 0.104. The number of carbonyl (C=O) groups is 1. The first-order chi connectivity index (χ1) is 11.9. The zero-order chi connectivity index (χ0) is 17.7. The Morgan fingerprint density at radius 2 is 1.84 bits per heavy atom. The summed E-state index contributed by atoms with van der Waals surface area (Å²) in [6.45, 7) is 4.04. The molecule has 25 heavy (non-hydrogen) atoms. The van der Waals surface area contributed by atoms with Gasteiger partial charge in [0.2, 0.25) is 0 Å². The summed E-state index contributed by atoms with van der Waals surface area (Å²) in [7, 11) is 0. The molecule has 0 unspecified atom stereocenters. The minimum Gasteiger partial charge on any atom is -0.478 e. The summed E-state index contributed by atoms with van der Waals surface area (Å²) in [6.07, 6.45) is 1.76. The molecule has 2 aromatic carbocycles. The molecule has 0 saturated heterocycles. The van der Waals surface area contributed by atoms with Crippen molar-refractivity contribution in [1.29, 1.82) is 0 Å². The average molecular weight is 350 g/mol. The molecule has 0 spiro atoms. The van der Waals surface area contributed by atoms with E-state index in [0.29, 0.717) is 9.49 Å². The van der Waals surface area contributed by atoms with Crippen molar-refractivity contribution in [1.82, 2.24) is 9.38 Å². The molecule has 124 valence electrons. The van der Waals surface area contributed by atoms with Gasteiger partial charge >= 0.3 is 5.97 Å². The summed E-state index contributed by atoms with van der Waals surface area (Å²) in [4.78, 5) is 28.9. The van der Waals surface area contributed by atoms with E-state index in [4.69, 9.17) is 5.11 Å². The quantitative estimate of drug-likeness (QED) is 0.603. The van der Waals surface area contributed by atoms with Crippen LogP contribution in [0.15, 0.2) is 41.2 Å². The maximum Gasteiger partial charge on any atom is 0.335 e. The molecule has 0 aliphatic carbocycles. The van der Waals surface area contributed by atoms with Gasteiger partial charge in [0.05, 0.1) is 21.1 Å². The first-order valence-corrected chi connectivity index (χ1v) is 8.53. The van der Waals surface area contributed by atoms with Crippen LogP contribution in [-0.4, -0.2) is 20.5 Å². The van der Waals surface area contributed by atoms with Crippen LogP contribution >= 0.6 is 11.3 Å². The van der Waals surface area contributed by atoms with Gasteiger partial charge in [0.15, 0.2) is 4.96 Å². The smallest absolute Gasteiger partial charge is 0.335 e. The molecule has 4 aromatic rings. The van der Waals surface area contributed by atoms with Crippen LogP contribution in [0.3, 0.4) is 0 Å². The number of benzene rings is 2. The first kappa shape index (κ1) is 15.5. The molecule has 0 amide bonds. The van der Waals surface area contributed by atoms with Crippen molar-refractivity contribution in [2.45, 2.75) is 13.8 Å². The van der Waals surface area contributed by atoms with Crippen LogP contribution in [0, 0.1) is 13.8 Å². The predicted molar refractivity (Wildman–Crippen MR) is 98.5 cm³/mol. The lowest BCUT2D eigenvalue weighted by molar-refractivity contribution is 0.0697. The maximum atomic E-state index is 12.8. The minimum atomic E-state index is -0.970. The van der Waals surface area contributed by atoms with Gasteiger partial charge in [-0.3, -0.25) is 4.79 Å². The molecular weight excluding hydrogens is 336 g/mol. The van der Waals surface area contributed by atoms with Gasteiger partial charge in [-0.05, 0) is 60.9 Å². The number of aromatic carboxylic acids is 1. The second-order valence-corrected chi connectivity index (χ2v) is 7.01. The van der Waals surface area contributed by atoms with Crippen molar-refractivity contribution in [2.24, 2.45) is 0 Å². The van der Waals surface area contributed by atoms with Crippen LogP contribution < -0.4 is 10.1 Å². The SMILES string of the molecule is Cc1cc2nc3sc(=Cc4ccc(C(=O)O)cc4)c(=O)n3c2cc1C. The number of imidazole rings is 1. The van der Waals surface area contributed by atoms with Crippen molar-refractivity contribution in [2.75, 3.05) is 0 Å². The highest BCUT2D eigenvalue weighted by atomic mass is 32.1. The summed E-state index contributed by atoms with van der Waals surface area (Å²) in [5, 5.41) is 8.95. The zero-order valence-corrected chi connectivity index (χ0v) is 14.4. The van der Waals surface area contributed by atoms with Crippen molar-refractivity contribution in [3.63, 3.8) is 0 Å². The van der Waals surface area contributed by atoms with Gasteiger partial charge in [0, 0.05) is 0 Å². The highest BCUT2D eigenvalue weighted by molar-refractivity contribution is 7.15. The highest BCUT2D eigenvalue weighted by Gasteiger charge is 2.12. The van der Waals surface area contributed by atoms with E-state index in [1.54, 1.807) is 22.6 Å². The monoisotopic (exact) mass is 350 g/mol. The van der Waals surface area contributed by atoms with Crippen LogP contribution in [0.25, 0.3) is 22.1 Å². The molecule has 2 aromatic heterocycles. The fourth-order valence-electron chi connectivity index (χ4n) is 2.79. The Bertz CT molecular complexity index is 1250. The summed E-state index contributed by atoms with van der Waals surface area (Å²) >= 11 is 1.33. The largest absolute Gasteiger partial charge is 0.478 e. The topological polar surface area (TPSA) is 71.7 Å². The fraction of sp³-hybridized carbons (Fsp3) is 0.105. The molecule has 1 N–H and O–H groups in total. The van der Waals surface area contributed by atoms with E-state index in [0.717, 1.165) is 27.7 Å².